The van der Waals surface area contributed by atoms with Gasteiger partial charge >= 0.3 is 0 Å². The highest BCUT2D eigenvalue weighted by atomic mass is 32.2. The number of nitrogens with one attached hydrogen (secondary N) is 2. The maximum absolute atomic E-state index is 12.2. The third-order valence-corrected chi connectivity index (χ3v) is 4.81. The summed E-state index contributed by atoms with van der Waals surface area (Å²) < 4.78 is 26.9. The first-order valence-electron chi connectivity index (χ1n) is 6.57. The van der Waals surface area contributed by atoms with E-state index < -0.39 is 10.0 Å². The van der Waals surface area contributed by atoms with Gasteiger partial charge in [0.25, 0.3) is 0 Å². The number of rotatable bonds is 4. The molecule has 0 aromatic heterocycles. The van der Waals surface area contributed by atoms with Crippen molar-refractivity contribution in [2.45, 2.75) is 37.1 Å². The Labute approximate surface area is 118 Å². The zero-order valence-electron chi connectivity index (χ0n) is 11.3. The Morgan fingerprint density at radius 3 is 2.85 bits per heavy atom. The van der Waals surface area contributed by atoms with E-state index in [0.717, 1.165) is 12.0 Å². The number of aryl methyl sites for hydroxylation is 1. The van der Waals surface area contributed by atoms with Crippen LogP contribution in [-0.4, -0.2) is 26.9 Å². The van der Waals surface area contributed by atoms with Crippen LogP contribution in [0.3, 0.4) is 0 Å². The van der Waals surface area contributed by atoms with Gasteiger partial charge in [-0.25, -0.2) is 13.1 Å². The lowest BCUT2D eigenvalue weighted by Gasteiger charge is -2.14. The van der Waals surface area contributed by atoms with Crippen molar-refractivity contribution < 1.29 is 13.2 Å². The molecule has 7 heteroatoms. The molecule has 0 unspecified atom stereocenters. The smallest absolute Gasteiger partial charge is 0.240 e. The molecule has 0 saturated heterocycles. The number of sulfonamides is 1. The minimum absolute atomic E-state index is 0.0331. The van der Waals surface area contributed by atoms with Gasteiger partial charge in [-0.15, -0.1) is 0 Å². The molecule has 1 aliphatic rings. The second-order valence-electron chi connectivity index (χ2n) is 4.98. The highest BCUT2D eigenvalue weighted by Gasteiger charge is 2.20. The van der Waals surface area contributed by atoms with Gasteiger partial charge in [0, 0.05) is 24.7 Å². The summed E-state index contributed by atoms with van der Waals surface area (Å²) >= 11 is 0. The zero-order valence-corrected chi connectivity index (χ0v) is 12.2. The summed E-state index contributed by atoms with van der Waals surface area (Å²) in [6.07, 6.45) is 1.86. The third-order valence-electron chi connectivity index (χ3n) is 3.22. The fraction of sp³-hybridized carbons (Fsp3) is 0.462. The first kappa shape index (κ1) is 15.0. The largest absolute Gasteiger partial charge is 0.329 e. The number of fused-ring (bicyclic) bond motifs is 1. The summed E-state index contributed by atoms with van der Waals surface area (Å²) in [5.41, 5.74) is 6.97. The predicted molar refractivity (Wildman–Crippen MR) is 76.8 cm³/mol. The van der Waals surface area contributed by atoms with E-state index in [1.54, 1.807) is 19.1 Å². The molecule has 1 heterocycles. The van der Waals surface area contributed by atoms with Gasteiger partial charge in [-0.2, -0.15) is 0 Å². The lowest BCUT2D eigenvalue weighted by molar-refractivity contribution is -0.116. The highest BCUT2D eigenvalue weighted by Crippen LogP contribution is 2.25. The summed E-state index contributed by atoms with van der Waals surface area (Å²) in [6.45, 7) is 1.95. The van der Waals surface area contributed by atoms with Crippen molar-refractivity contribution >= 4 is 21.6 Å². The Hall–Kier alpha value is -1.44. The summed E-state index contributed by atoms with van der Waals surface area (Å²) in [5.74, 6) is -0.0331. The van der Waals surface area contributed by atoms with Gasteiger partial charge in [0.15, 0.2) is 0 Å². The minimum atomic E-state index is -3.57. The fourth-order valence-electron chi connectivity index (χ4n) is 2.10. The number of nitrogens with two attached hydrogens (primary N) is 1. The lowest BCUT2D eigenvalue weighted by Crippen LogP contribution is -2.37. The van der Waals surface area contributed by atoms with Crippen molar-refractivity contribution in [1.82, 2.24) is 4.72 Å². The fourth-order valence-corrected chi connectivity index (χ4v) is 3.41. The van der Waals surface area contributed by atoms with Crippen molar-refractivity contribution in [3.63, 3.8) is 0 Å². The van der Waals surface area contributed by atoms with E-state index in [1.807, 2.05) is 0 Å². The van der Waals surface area contributed by atoms with Crippen molar-refractivity contribution in [3.05, 3.63) is 23.8 Å². The number of benzene rings is 1. The molecule has 20 heavy (non-hydrogen) atoms. The van der Waals surface area contributed by atoms with E-state index in [2.05, 4.69) is 10.0 Å². The molecular weight excluding hydrogens is 278 g/mol. The van der Waals surface area contributed by atoms with E-state index in [1.165, 1.54) is 6.07 Å². The molecule has 0 spiro atoms. The van der Waals surface area contributed by atoms with Gasteiger partial charge in [0.05, 0.1) is 4.90 Å². The molecule has 1 amide bonds. The minimum Gasteiger partial charge on any atom is -0.329 e. The monoisotopic (exact) mass is 297 g/mol. The Kier molecular flexibility index (Phi) is 4.42. The topological polar surface area (TPSA) is 101 Å². The van der Waals surface area contributed by atoms with Crippen LogP contribution in [0.25, 0.3) is 0 Å². The maximum Gasteiger partial charge on any atom is 0.240 e. The Bertz CT molecular complexity index is 613. The first-order chi connectivity index (χ1) is 9.42. The van der Waals surface area contributed by atoms with Crippen LogP contribution in [0.15, 0.2) is 23.1 Å². The summed E-state index contributed by atoms with van der Waals surface area (Å²) in [7, 11) is -3.57. The van der Waals surface area contributed by atoms with Crippen LogP contribution in [0.5, 0.6) is 0 Å². The molecule has 0 aliphatic carbocycles. The molecule has 1 aromatic rings. The molecule has 0 fully saturated rings. The molecule has 0 saturated carbocycles. The zero-order chi connectivity index (χ0) is 14.8. The van der Waals surface area contributed by atoms with E-state index in [4.69, 9.17) is 5.73 Å². The predicted octanol–water partition coefficient (Wildman–Crippen LogP) is 0.587. The summed E-state index contributed by atoms with van der Waals surface area (Å²) in [4.78, 5) is 11.7. The third kappa shape index (κ3) is 3.36. The standard InChI is InChI=1S/C13H19N3O3S/c1-9(8-14)16-20(18,19)11-5-6-12-10(7-11)3-2-4-13(17)15-12/h5-7,9,16H,2-4,8,14H2,1H3,(H,15,17)/t9-/m0/s1. The molecule has 0 bridgehead atoms. The van der Waals surface area contributed by atoms with Crippen molar-refractivity contribution in [1.29, 1.82) is 0 Å². The number of carbonyl (C=O) groups is 1. The quantitative estimate of drug-likeness (QED) is 0.757. The van der Waals surface area contributed by atoms with Crippen LogP contribution in [-0.2, 0) is 21.2 Å². The number of anilines is 1. The SMILES string of the molecule is C[C@@H](CN)NS(=O)(=O)c1ccc2c(c1)CCCC(=O)N2. The van der Waals surface area contributed by atoms with Gasteiger partial charge in [-0.1, -0.05) is 0 Å². The second-order valence-corrected chi connectivity index (χ2v) is 6.69. The summed E-state index contributed by atoms with van der Waals surface area (Å²) in [5, 5.41) is 2.78. The van der Waals surface area contributed by atoms with Gasteiger partial charge in [0.1, 0.15) is 0 Å². The van der Waals surface area contributed by atoms with Gasteiger partial charge in [-0.3, -0.25) is 4.79 Å². The van der Waals surface area contributed by atoms with Crippen LogP contribution in [0, 0.1) is 0 Å². The van der Waals surface area contributed by atoms with Crippen LogP contribution in [0.2, 0.25) is 0 Å². The number of amides is 1. The van der Waals surface area contributed by atoms with Gasteiger partial charge in [0.2, 0.25) is 15.9 Å². The molecule has 110 valence electrons. The molecule has 1 atom stereocenters. The Morgan fingerprint density at radius 2 is 2.15 bits per heavy atom. The lowest BCUT2D eigenvalue weighted by atomic mass is 10.1. The molecule has 6 nitrogen and oxygen atoms in total. The highest BCUT2D eigenvalue weighted by molar-refractivity contribution is 7.89. The first-order valence-corrected chi connectivity index (χ1v) is 8.06. The van der Waals surface area contributed by atoms with Crippen LogP contribution in [0.4, 0.5) is 5.69 Å². The number of carbonyl (C=O) groups excluding carboxylic acids is 1. The Balaban J connectivity index is 2.31. The molecule has 4 N–H and O–H groups in total. The van der Waals surface area contributed by atoms with Crippen molar-refractivity contribution in [2.24, 2.45) is 5.73 Å². The maximum atomic E-state index is 12.2. The molecule has 2 rings (SSSR count). The molecule has 0 radical (unpaired) electrons. The van der Waals surface area contributed by atoms with E-state index in [9.17, 15) is 13.2 Å². The van der Waals surface area contributed by atoms with E-state index in [-0.39, 0.29) is 23.4 Å². The Morgan fingerprint density at radius 1 is 1.40 bits per heavy atom. The second kappa shape index (κ2) is 5.90. The molecule has 1 aromatic carbocycles. The number of hydrogen-bond acceptors (Lipinski definition) is 4. The average Bonchev–Trinajstić information content (AvgIpc) is 2.57. The van der Waals surface area contributed by atoms with Crippen molar-refractivity contribution in [3.8, 4) is 0 Å². The normalized spacial score (nSPS) is 17.0. The molecule has 1 aliphatic heterocycles. The van der Waals surface area contributed by atoms with Crippen molar-refractivity contribution in [2.75, 3.05) is 11.9 Å². The molecular formula is C13H19N3O3S. The van der Waals surface area contributed by atoms with E-state index in [0.29, 0.717) is 18.5 Å². The van der Waals surface area contributed by atoms with Crippen LogP contribution in [0.1, 0.15) is 25.3 Å². The average molecular weight is 297 g/mol. The van der Waals surface area contributed by atoms with Gasteiger partial charge < -0.3 is 11.1 Å². The van der Waals surface area contributed by atoms with Gasteiger partial charge in [-0.05, 0) is 43.5 Å². The van der Waals surface area contributed by atoms with Crippen LogP contribution >= 0.6 is 0 Å². The number of hydrogen-bond donors (Lipinski definition) is 3. The summed E-state index contributed by atoms with van der Waals surface area (Å²) in [6, 6.07) is 4.43. The van der Waals surface area contributed by atoms with E-state index >= 15 is 0 Å². The van der Waals surface area contributed by atoms with Crippen LogP contribution < -0.4 is 15.8 Å².